The molecule has 148 valence electrons. The van der Waals surface area contributed by atoms with Gasteiger partial charge in [0.2, 0.25) is 0 Å². The smallest absolute Gasteiger partial charge is 0.270 e. The fourth-order valence-electron chi connectivity index (χ4n) is 2.54. The van der Waals surface area contributed by atoms with Crippen LogP contribution in [0.15, 0.2) is 35.2 Å². The predicted octanol–water partition coefficient (Wildman–Crippen LogP) is 6.02. The van der Waals surface area contributed by atoms with Gasteiger partial charge in [0.15, 0.2) is 15.8 Å². The topological polar surface area (TPSA) is 38.8 Å². The minimum atomic E-state index is -0.236. The van der Waals surface area contributed by atoms with E-state index in [-0.39, 0.29) is 12.5 Å². The van der Waals surface area contributed by atoms with Crippen LogP contribution in [0.3, 0.4) is 0 Å². The summed E-state index contributed by atoms with van der Waals surface area (Å²) < 4.78 is 12.2. The van der Waals surface area contributed by atoms with Crippen molar-refractivity contribution in [2.45, 2.75) is 0 Å². The van der Waals surface area contributed by atoms with Crippen LogP contribution in [0.1, 0.15) is 5.56 Å². The largest absolute Gasteiger partial charge is 0.493 e. The molecule has 0 aliphatic carbocycles. The maximum absolute atomic E-state index is 13.0. The molecular weight excluding hydrogens is 564 g/mol. The summed E-state index contributed by atoms with van der Waals surface area (Å²) >= 11 is 20.8. The van der Waals surface area contributed by atoms with Crippen molar-refractivity contribution in [3.05, 3.63) is 54.4 Å². The molecule has 1 heterocycles. The van der Waals surface area contributed by atoms with Crippen molar-refractivity contribution in [2.75, 3.05) is 18.6 Å². The summed E-state index contributed by atoms with van der Waals surface area (Å²) in [5, 5.41) is 0.759. The third-order valence-corrected chi connectivity index (χ3v) is 6.65. The van der Waals surface area contributed by atoms with E-state index in [0.29, 0.717) is 36.5 Å². The van der Waals surface area contributed by atoms with Gasteiger partial charge >= 0.3 is 0 Å². The van der Waals surface area contributed by atoms with Gasteiger partial charge in [-0.15, -0.1) is 6.42 Å². The fourth-order valence-corrected chi connectivity index (χ4v) is 4.92. The number of anilines is 1. The fraction of sp³-hybridized carbons (Fsp3) is 0.100. The van der Waals surface area contributed by atoms with Crippen LogP contribution < -0.4 is 14.4 Å². The Morgan fingerprint density at radius 1 is 1.31 bits per heavy atom. The van der Waals surface area contributed by atoms with Crippen molar-refractivity contribution < 1.29 is 14.3 Å². The van der Waals surface area contributed by atoms with Crippen LogP contribution >= 0.6 is 69.8 Å². The molecule has 4 nitrogen and oxygen atoms in total. The molecule has 0 atom stereocenters. The van der Waals surface area contributed by atoms with Crippen molar-refractivity contribution in [2.24, 2.45) is 0 Å². The third-order valence-electron chi connectivity index (χ3n) is 3.80. The molecule has 2 aromatic carbocycles. The number of thioether (sulfide) groups is 1. The standard InChI is InChI=1S/C20H12Cl2INO3S2/c1-3-6-27-18-15(23)7-11(8-16(18)26-2)9-17-19(25)24(20(28)29-17)12-4-5-13(21)14(22)10-12/h1,4-5,7-10H,6H2,2H3/b17-9-. The number of nitrogens with zero attached hydrogens (tertiary/aromatic N) is 1. The zero-order valence-electron chi connectivity index (χ0n) is 14.9. The molecular formula is C20H12Cl2INO3S2. The van der Waals surface area contributed by atoms with Crippen molar-refractivity contribution >= 4 is 91.8 Å². The first-order valence-electron chi connectivity index (χ1n) is 8.02. The first-order chi connectivity index (χ1) is 13.8. The lowest BCUT2D eigenvalue weighted by Gasteiger charge is -2.15. The predicted molar refractivity (Wildman–Crippen MR) is 132 cm³/mol. The normalized spacial score (nSPS) is 15.0. The SMILES string of the molecule is C#CCOc1c(I)cc(/C=C2\SC(=S)N(c3ccc(Cl)c(Cl)c3)C2=O)cc1OC. The molecule has 0 spiro atoms. The summed E-state index contributed by atoms with van der Waals surface area (Å²) in [6.07, 6.45) is 7.02. The van der Waals surface area contributed by atoms with Crippen LogP contribution in [-0.2, 0) is 4.79 Å². The highest BCUT2D eigenvalue weighted by atomic mass is 127. The van der Waals surface area contributed by atoms with E-state index in [1.165, 1.54) is 16.7 Å². The lowest BCUT2D eigenvalue weighted by atomic mass is 10.1. The summed E-state index contributed by atoms with van der Waals surface area (Å²) in [6, 6.07) is 8.59. The first kappa shape index (κ1) is 22.2. The molecule has 29 heavy (non-hydrogen) atoms. The number of hydrogen-bond donors (Lipinski definition) is 0. The van der Waals surface area contributed by atoms with Crippen LogP contribution in [0.4, 0.5) is 5.69 Å². The molecule has 1 aliphatic heterocycles. The average Bonchev–Trinajstić information content (AvgIpc) is 2.96. The molecule has 0 aromatic heterocycles. The van der Waals surface area contributed by atoms with Gasteiger partial charge in [-0.25, -0.2) is 0 Å². The first-order valence-corrected chi connectivity index (χ1v) is 11.1. The number of thiocarbonyl (C=S) groups is 1. The van der Waals surface area contributed by atoms with Crippen molar-refractivity contribution in [3.63, 3.8) is 0 Å². The molecule has 1 fully saturated rings. The van der Waals surface area contributed by atoms with Gasteiger partial charge in [-0.3, -0.25) is 9.69 Å². The second kappa shape index (κ2) is 9.58. The van der Waals surface area contributed by atoms with E-state index in [2.05, 4.69) is 28.5 Å². The molecule has 3 rings (SSSR count). The second-order valence-electron chi connectivity index (χ2n) is 5.64. The minimum Gasteiger partial charge on any atom is -0.493 e. The van der Waals surface area contributed by atoms with Crippen LogP contribution in [0.2, 0.25) is 10.0 Å². The number of methoxy groups -OCH3 is 1. The Morgan fingerprint density at radius 2 is 2.07 bits per heavy atom. The van der Waals surface area contributed by atoms with E-state index in [1.807, 2.05) is 6.07 Å². The van der Waals surface area contributed by atoms with Crippen molar-refractivity contribution in [3.8, 4) is 23.8 Å². The molecule has 0 unspecified atom stereocenters. The highest BCUT2D eigenvalue weighted by Gasteiger charge is 2.33. The van der Waals surface area contributed by atoms with E-state index in [4.69, 9.17) is 51.3 Å². The van der Waals surface area contributed by atoms with Gasteiger partial charge in [0.05, 0.1) is 31.3 Å². The number of hydrogen-bond acceptors (Lipinski definition) is 5. The molecule has 1 amide bonds. The van der Waals surface area contributed by atoms with Gasteiger partial charge < -0.3 is 9.47 Å². The second-order valence-corrected chi connectivity index (χ2v) is 9.29. The molecule has 0 bridgehead atoms. The van der Waals surface area contributed by atoms with Crippen LogP contribution in [0.5, 0.6) is 11.5 Å². The molecule has 9 heteroatoms. The van der Waals surface area contributed by atoms with Gasteiger partial charge in [0, 0.05) is 0 Å². The van der Waals surface area contributed by atoms with Gasteiger partial charge in [-0.05, 0) is 64.6 Å². The van der Waals surface area contributed by atoms with Crippen LogP contribution in [-0.4, -0.2) is 23.9 Å². The molecule has 1 aliphatic rings. The maximum atomic E-state index is 13.0. The monoisotopic (exact) mass is 575 g/mol. The summed E-state index contributed by atoms with van der Waals surface area (Å²) in [6.45, 7) is 0.133. The number of halogens is 3. The number of rotatable bonds is 5. The summed E-state index contributed by atoms with van der Waals surface area (Å²) in [5.41, 5.74) is 1.34. The Hall–Kier alpha value is -1.44. The number of benzene rings is 2. The Kier molecular flexibility index (Phi) is 7.35. The van der Waals surface area contributed by atoms with E-state index in [0.717, 1.165) is 9.13 Å². The van der Waals surface area contributed by atoms with Crippen molar-refractivity contribution in [1.29, 1.82) is 0 Å². The molecule has 0 radical (unpaired) electrons. The number of ether oxygens (including phenoxy) is 2. The quantitative estimate of drug-likeness (QED) is 0.188. The number of terminal acetylenes is 1. The van der Waals surface area contributed by atoms with Gasteiger partial charge in [-0.2, -0.15) is 0 Å². The molecule has 0 N–H and O–H groups in total. The van der Waals surface area contributed by atoms with E-state index >= 15 is 0 Å². The summed E-state index contributed by atoms with van der Waals surface area (Å²) in [7, 11) is 1.54. The number of amides is 1. The number of carbonyl (C=O) groups is 1. The van der Waals surface area contributed by atoms with Crippen LogP contribution in [0, 0.1) is 15.9 Å². The Morgan fingerprint density at radius 3 is 2.72 bits per heavy atom. The zero-order valence-corrected chi connectivity index (χ0v) is 20.2. The lowest BCUT2D eigenvalue weighted by Crippen LogP contribution is -2.27. The maximum Gasteiger partial charge on any atom is 0.270 e. The van der Waals surface area contributed by atoms with E-state index in [1.54, 1.807) is 37.5 Å². The lowest BCUT2D eigenvalue weighted by molar-refractivity contribution is -0.113. The van der Waals surface area contributed by atoms with Gasteiger partial charge in [0.1, 0.15) is 6.61 Å². The van der Waals surface area contributed by atoms with E-state index < -0.39 is 0 Å². The molecule has 0 saturated carbocycles. The molecule has 2 aromatic rings. The number of carbonyl (C=O) groups excluding carboxylic acids is 1. The Balaban J connectivity index is 1.94. The average molecular weight is 576 g/mol. The highest BCUT2D eigenvalue weighted by Crippen LogP contribution is 2.39. The Bertz CT molecular complexity index is 1080. The summed E-state index contributed by atoms with van der Waals surface area (Å²) in [4.78, 5) is 14.9. The summed E-state index contributed by atoms with van der Waals surface area (Å²) in [5.74, 6) is 3.28. The van der Waals surface area contributed by atoms with Gasteiger partial charge in [-0.1, -0.05) is 53.1 Å². The van der Waals surface area contributed by atoms with Gasteiger partial charge in [0.25, 0.3) is 5.91 Å². The third kappa shape index (κ3) is 4.84. The molecule has 1 saturated heterocycles. The minimum absolute atomic E-state index is 0.133. The zero-order chi connectivity index (χ0) is 21.1. The van der Waals surface area contributed by atoms with Crippen LogP contribution in [0.25, 0.3) is 6.08 Å². The Labute approximate surface area is 201 Å². The van der Waals surface area contributed by atoms with Crippen molar-refractivity contribution in [1.82, 2.24) is 0 Å². The van der Waals surface area contributed by atoms with E-state index in [9.17, 15) is 4.79 Å². The highest BCUT2D eigenvalue weighted by molar-refractivity contribution is 14.1.